The quantitative estimate of drug-likeness (QED) is 0.819. The minimum absolute atomic E-state index is 0.179. The summed E-state index contributed by atoms with van der Waals surface area (Å²) < 4.78 is 25.9. The number of aryl methyl sites for hydroxylation is 1. The summed E-state index contributed by atoms with van der Waals surface area (Å²) in [5, 5.41) is 4.54. The molecule has 24 heavy (non-hydrogen) atoms. The highest BCUT2D eigenvalue weighted by atomic mass is 32.2. The third-order valence-electron chi connectivity index (χ3n) is 3.79. The van der Waals surface area contributed by atoms with Crippen LogP contribution in [0.4, 0.5) is 0 Å². The van der Waals surface area contributed by atoms with Crippen LogP contribution in [-0.4, -0.2) is 32.2 Å². The first-order valence-electron chi connectivity index (χ1n) is 7.72. The molecule has 130 valence electrons. The number of carbonyl (C=O) groups excluding carboxylic acids is 1. The summed E-state index contributed by atoms with van der Waals surface area (Å²) >= 11 is 1.14. The highest BCUT2D eigenvalue weighted by Crippen LogP contribution is 2.19. The lowest BCUT2D eigenvalue weighted by Crippen LogP contribution is -2.39. The Morgan fingerprint density at radius 2 is 1.92 bits per heavy atom. The highest BCUT2D eigenvalue weighted by Gasteiger charge is 2.24. The maximum atomic E-state index is 12.3. The first-order valence-corrected chi connectivity index (χ1v) is 10.0. The van der Waals surface area contributed by atoms with Crippen molar-refractivity contribution in [2.24, 2.45) is 0 Å². The Bertz CT molecular complexity index is 769. The molecule has 1 unspecified atom stereocenters. The average Bonchev–Trinajstić information content (AvgIpc) is 3.10. The number of hydrogen-bond donors (Lipinski definition) is 1. The first-order chi connectivity index (χ1) is 11.3. The number of rotatable bonds is 7. The molecule has 0 fully saturated rings. The third kappa shape index (κ3) is 4.43. The zero-order valence-corrected chi connectivity index (χ0v) is 15.7. The Morgan fingerprint density at radius 1 is 1.25 bits per heavy atom. The van der Waals surface area contributed by atoms with Crippen LogP contribution >= 0.6 is 11.3 Å². The minimum atomic E-state index is -3.61. The van der Waals surface area contributed by atoms with E-state index in [9.17, 15) is 13.2 Å². The summed E-state index contributed by atoms with van der Waals surface area (Å²) in [5.41, 5.74) is 2.23. The van der Waals surface area contributed by atoms with Crippen molar-refractivity contribution in [3.05, 3.63) is 52.9 Å². The van der Waals surface area contributed by atoms with E-state index >= 15 is 0 Å². The molecule has 1 aromatic carbocycles. The summed E-state index contributed by atoms with van der Waals surface area (Å²) in [6.45, 7) is 3.76. The van der Waals surface area contributed by atoms with Gasteiger partial charge in [0.1, 0.15) is 4.21 Å². The van der Waals surface area contributed by atoms with Gasteiger partial charge in [0.25, 0.3) is 10.0 Å². The van der Waals surface area contributed by atoms with Gasteiger partial charge in [-0.2, -0.15) is 4.31 Å². The van der Waals surface area contributed by atoms with Gasteiger partial charge in [-0.3, -0.25) is 4.79 Å². The molecule has 2 aromatic rings. The van der Waals surface area contributed by atoms with E-state index in [0.29, 0.717) is 0 Å². The number of likely N-dealkylation sites (N-methyl/N-ethyl adjacent to an activating group) is 1. The first kappa shape index (κ1) is 18.6. The molecule has 1 N–H and O–H groups in total. The summed E-state index contributed by atoms with van der Waals surface area (Å²) in [7, 11) is -2.20. The second-order valence-corrected chi connectivity index (χ2v) is 8.80. The maximum absolute atomic E-state index is 12.3. The molecular formula is C17H22N2O3S2. The molecule has 0 spiro atoms. The van der Waals surface area contributed by atoms with Gasteiger partial charge in [-0.1, -0.05) is 37.3 Å². The summed E-state index contributed by atoms with van der Waals surface area (Å²) in [4.78, 5) is 12.2. The number of nitrogens with one attached hydrogen (secondary N) is 1. The Morgan fingerprint density at radius 3 is 2.46 bits per heavy atom. The molecule has 0 saturated heterocycles. The minimum Gasteiger partial charge on any atom is -0.348 e. The molecule has 1 aromatic heterocycles. The molecule has 0 saturated carbocycles. The van der Waals surface area contributed by atoms with Crippen LogP contribution in [-0.2, 0) is 21.2 Å². The largest absolute Gasteiger partial charge is 0.348 e. The van der Waals surface area contributed by atoms with Crippen LogP contribution in [0.2, 0.25) is 0 Å². The number of benzene rings is 1. The molecule has 0 bridgehead atoms. The Balaban J connectivity index is 1.97. The topological polar surface area (TPSA) is 66.5 Å². The Labute approximate surface area is 147 Å². The molecule has 1 amide bonds. The third-order valence-corrected chi connectivity index (χ3v) is 6.97. The van der Waals surface area contributed by atoms with Crippen molar-refractivity contribution in [1.82, 2.24) is 9.62 Å². The number of nitrogens with zero attached hydrogens (tertiary/aromatic N) is 1. The average molecular weight is 367 g/mol. The van der Waals surface area contributed by atoms with Crippen molar-refractivity contribution < 1.29 is 13.2 Å². The van der Waals surface area contributed by atoms with Gasteiger partial charge in [-0.15, -0.1) is 11.3 Å². The Kier molecular flexibility index (Phi) is 6.15. The van der Waals surface area contributed by atoms with Crippen LogP contribution < -0.4 is 5.32 Å². The van der Waals surface area contributed by atoms with Gasteiger partial charge in [0.2, 0.25) is 5.91 Å². The fourth-order valence-electron chi connectivity index (χ4n) is 2.26. The lowest BCUT2D eigenvalue weighted by molar-refractivity contribution is -0.121. The molecule has 0 aliphatic carbocycles. The number of carbonyl (C=O) groups is 1. The van der Waals surface area contributed by atoms with Gasteiger partial charge >= 0.3 is 0 Å². The zero-order chi connectivity index (χ0) is 17.7. The smallest absolute Gasteiger partial charge is 0.252 e. The van der Waals surface area contributed by atoms with E-state index in [2.05, 4.69) is 12.2 Å². The molecule has 1 atom stereocenters. The van der Waals surface area contributed by atoms with Crippen molar-refractivity contribution in [1.29, 1.82) is 0 Å². The Hall–Kier alpha value is -1.70. The number of hydrogen-bond acceptors (Lipinski definition) is 4. The van der Waals surface area contributed by atoms with Gasteiger partial charge in [0.05, 0.1) is 12.6 Å². The van der Waals surface area contributed by atoms with E-state index in [1.165, 1.54) is 18.7 Å². The van der Waals surface area contributed by atoms with Gasteiger partial charge < -0.3 is 5.32 Å². The zero-order valence-electron chi connectivity index (χ0n) is 14.0. The van der Waals surface area contributed by atoms with Crippen LogP contribution in [0.3, 0.4) is 0 Å². The molecule has 0 aliphatic heterocycles. The van der Waals surface area contributed by atoms with Gasteiger partial charge in [0, 0.05) is 7.05 Å². The van der Waals surface area contributed by atoms with E-state index in [1.807, 2.05) is 31.2 Å². The van der Waals surface area contributed by atoms with E-state index in [-0.39, 0.29) is 22.7 Å². The standard InChI is InChI=1S/C17H22N2O3S2/c1-4-14-7-9-15(10-8-14)13(2)18-16(20)12-19(3)24(21,22)17-6-5-11-23-17/h5-11,13H,4,12H2,1-3H3,(H,18,20). The van der Waals surface area contributed by atoms with Crippen molar-refractivity contribution in [3.8, 4) is 0 Å². The van der Waals surface area contributed by atoms with Crippen LogP contribution in [0.1, 0.15) is 31.0 Å². The summed E-state index contributed by atoms with van der Waals surface area (Å²) in [6.07, 6.45) is 0.965. The lowest BCUT2D eigenvalue weighted by Gasteiger charge is -2.19. The number of thiophene rings is 1. The molecule has 0 aliphatic rings. The summed E-state index contributed by atoms with van der Waals surface area (Å²) in [5.74, 6) is -0.329. The molecule has 5 nitrogen and oxygen atoms in total. The molecule has 0 radical (unpaired) electrons. The van der Waals surface area contributed by atoms with E-state index in [0.717, 1.165) is 27.6 Å². The highest BCUT2D eigenvalue weighted by molar-refractivity contribution is 7.91. The van der Waals surface area contributed by atoms with Gasteiger partial charge in [-0.05, 0) is 35.9 Å². The van der Waals surface area contributed by atoms with Crippen molar-refractivity contribution in [2.45, 2.75) is 30.5 Å². The maximum Gasteiger partial charge on any atom is 0.252 e. The fraction of sp³-hybridized carbons (Fsp3) is 0.353. The predicted molar refractivity (Wildman–Crippen MR) is 96.5 cm³/mol. The normalized spacial score (nSPS) is 13.0. The predicted octanol–water partition coefficient (Wildman–Crippen LogP) is 2.81. The molecule has 2 rings (SSSR count). The molecule has 7 heteroatoms. The SMILES string of the molecule is CCc1ccc(C(C)NC(=O)CN(C)S(=O)(=O)c2cccs2)cc1. The number of sulfonamides is 1. The van der Waals surface area contributed by atoms with Crippen LogP contribution in [0.15, 0.2) is 46.0 Å². The fourth-order valence-corrected chi connectivity index (χ4v) is 4.59. The number of amides is 1. The van der Waals surface area contributed by atoms with Gasteiger partial charge in [-0.25, -0.2) is 8.42 Å². The van der Waals surface area contributed by atoms with Gasteiger partial charge in [0.15, 0.2) is 0 Å². The van der Waals surface area contributed by atoms with E-state index < -0.39 is 10.0 Å². The van der Waals surface area contributed by atoms with Crippen molar-refractivity contribution >= 4 is 27.3 Å². The van der Waals surface area contributed by atoms with Crippen molar-refractivity contribution in [3.63, 3.8) is 0 Å². The second-order valence-electron chi connectivity index (χ2n) is 5.58. The summed E-state index contributed by atoms with van der Waals surface area (Å²) in [6, 6.07) is 11.1. The molecular weight excluding hydrogens is 344 g/mol. The van der Waals surface area contributed by atoms with Crippen LogP contribution in [0, 0.1) is 0 Å². The second kappa shape index (κ2) is 7.92. The molecule has 1 heterocycles. The monoisotopic (exact) mass is 366 g/mol. The van der Waals surface area contributed by atoms with Crippen LogP contribution in [0.5, 0.6) is 0 Å². The van der Waals surface area contributed by atoms with E-state index in [4.69, 9.17) is 0 Å². The van der Waals surface area contributed by atoms with Crippen molar-refractivity contribution in [2.75, 3.05) is 13.6 Å². The lowest BCUT2D eigenvalue weighted by atomic mass is 10.1. The van der Waals surface area contributed by atoms with Crippen LogP contribution in [0.25, 0.3) is 0 Å². The van der Waals surface area contributed by atoms with E-state index in [1.54, 1.807) is 11.4 Å².